The second-order valence-electron chi connectivity index (χ2n) is 4.71. The van der Waals surface area contributed by atoms with Crippen LogP contribution < -0.4 is 0 Å². The summed E-state index contributed by atoms with van der Waals surface area (Å²) in [6, 6.07) is 0. The van der Waals surface area contributed by atoms with E-state index in [2.05, 4.69) is 17.6 Å². The van der Waals surface area contributed by atoms with Gasteiger partial charge in [0.05, 0.1) is 12.6 Å². The lowest BCUT2D eigenvalue weighted by molar-refractivity contribution is -0.107. The molecule has 1 aliphatic heterocycles. The lowest BCUT2D eigenvalue weighted by atomic mass is 10.0. The lowest BCUT2D eigenvalue weighted by Crippen LogP contribution is -2.36. The molecule has 1 saturated carbocycles. The summed E-state index contributed by atoms with van der Waals surface area (Å²) in [5.74, 6) is 0. The van der Waals surface area contributed by atoms with Gasteiger partial charge in [0, 0.05) is 11.8 Å². The van der Waals surface area contributed by atoms with Gasteiger partial charge in [0.1, 0.15) is 5.60 Å². The maximum absolute atomic E-state index is 11.2. The fourth-order valence-electron chi connectivity index (χ4n) is 2.31. The second kappa shape index (κ2) is 4.72. The van der Waals surface area contributed by atoms with Crippen molar-refractivity contribution < 1.29 is 9.53 Å². The van der Waals surface area contributed by atoms with Gasteiger partial charge in [-0.25, -0.2) is 0 Å². The van der Waals surface area contributed by atoms with Gasteiger partial charge >= 0.3 is 0 Å². The van der Waals surface area contributed by atoms with Crippen LogP contribution in [-0.2, 0) is 9.53 Å². The van der Waals surface area contributed by atoms with Gasteiger partial charge in [-0.15, -0.1) is 12.6 Å². The highest BCUT2D eigenvalue weighted by Gasteiger charge is 2.30. The van der Waals surface area contributed by atoms with Crippen LogP contribution in [-0.4, -0.2) is 29.6 Å². The van der Waals surface area contributed by atoms with Crippen LogP contribution in [0, 0.1) is 0 Å². The molecule has 4 heteroatoms. The smallest absolute Gasteiger partial charge is 0.217 e. The van der Waals surface area contributed by atoms with E-state index in [9.17, 15) is 4.79 Å². The van der Waals surface area contributed by atoms with Crippen molar-refractivity contribution in [3.8, 4) is 0 Å². The number of hydrogen-bond acceptors (Lipinski definition) is 3. The number of rotatable bonds is 3. The van der Waals surface area contributed by atoms with Crippen molar-refractivity contribution >= 4 is 24.0 Å². The molecule has 1 aliphatic carbocycles. The van der Waals surface area contributed by atoms with Crippen LogP contribution in [0.1, 0.15) is 32.6 Å². The van der Waals surface area contributed by atoms with Crippen LogP contribution in [0.15, 0.2) is 16.6 Å². The van der Waals surface area contributed by atoms with Crippen molar-refractivity contribution in [3.05, 3.63) is 11.6 Å². The highest BCUT2D eigenvalue weighted by molar-refractivity contribution is 7.97. The maximum Gasteiger partial charge on any atom is 0.217 e. The number of dihydropyridines is 1. The molecular formula is C12H17NO2S. The Bertz CT molecular complexity index is 345. The molecular weight excluding hydrogens is 222 g/mol. The molecule has 2 aliphatic rings. The molecule has 0 radical (unpaired) electrons. The van der Waals surface area contributed by atoms with Crippen LogP contribution in [0.25, 0.3) is 0 Å². The summed E-state index contributed by atoms with van der Waals surface area (Å²) in [7, 11) is 0. The number of nitrogens with zero attached hydrogens (tertiary/aromatic N) is 1. The van der Waals surface area contributed by atoms with E-state index in [1.165, 1.54) is 12.8 Å². The van der Waals surface area contributed by atoms with Crippen molar-refractivity contribution in [3.63, 3.8) is 0 Å². The first kappa shape index (κ1) is 11.9. The van der Waals surface area contributed by atoms with E-state index in [4.69, 9.17) is 4.74 Å². The zero-order valence-electron chi connectivity index (χ0n) is 9.48. The van der Waals surface area contributed by atoms with Crippen LogP contribution in [0.5, 0.6) is 0 Å². The summed E-state index contributed by atoms with van der Waals surface area (Å²) in [5, 5.41) is -0.246. The summed E-state index contributed by atoms with van der Waals surface area (Å²) < 4.78 is 6.04. The second-order valence-corrected chi connectivity index (χ2v) is 5.12. The Kier molecular flexibility index (Phi) is 3.50. The minimum Gasteiger partial charge on any atom is -0.366 e. The minimum absolute atomic E-state index is 0.246. The highest BCUT2D eigenvalue weighted by Crippen LogP contribution is 2.28. The Morgan fingerprint density at radius 2 is 2.25 bits per heavy atom. The number of hydrogen-bond donors (Lipinski definition) is 1. The first-order valence-corrected chi connectivity index (χ1v) is 6.18. The summed E-state index contributed by atoms with van der Waals surface area (Å²) >= 11 is 3.81. The molecule has 88 valence electrons. The van der Waals surface area contributed by atoms with Crippen molar-refractivity contribution in [1.82, 2.24) is 0 Å². The topological polar surface area (TPSA) is 38.7 Å². The molecule has 0 bridgehead atoms. The van der Waals surface area contributed by atoms with E-state index >= 15 is 0 Å². The van der Waals surface area contributed by atoms with Gasteiger partial charge in [0.2, 0.25) is 5.12 Å². The van der Waals surface area contributed by atoms with Gasteiger partial charge < -0.3 is 4.74 Å². The Morgan fingerprint density at radius 3 is 2.88 bits per heavy atom. The monoisotopic (exact) mass is 239 g/mol. The number of aliphatic imine (C=N–C) groups is 1. The molecule has 16 heavy (non-hydrogen) atoms. The molecule has 1 unspecified atom stereocenters. The number of carbonyl (C=O) groups excluding carboxylic acids is 1. The molecule has 1 heterocycles. The predicted octanol–water partition coefficient (Wildman–Crippen LogP) is 2.17. The number of thiol groups is 1. The molecule has 0 saturated heterocycles. The normalized spacial score (nSPS) is 30.5. The van der Waals surface area contributed by atoms with Gasteiger partial charge in [-0.2, -0.15) is 0 Å². The van der Waals surface area contributed by atoms with E-state index in [1.54, 1.807) is 6.21 Å². The average Bonchev–Trinajstić information content (AvgIpc) is 2.69. The largest absolute Gasteiger partial charge is 0.366 e. The predicted molar refractivity (Wildman–Crippen MR) is 67.2 cm³/mol. The van der Waals surface area contributed by atoms with E-state index < -0.39 is 5.60 Å². The summed E-state index contributed by atoms with van der Waals surface area (Å²) in [5.41, 5.74) is 0.104. The first-order valence-electron chi connectivity index (χ1n) is 5.73. The fraction of sp³-hybridized carbons (Fsp3) is 0.667. The third-order valence-corrected chi connectivity index (χ3v) is 3.34. The molecule has 0 aromatic rings. The van der Waals surface area contributed by atoms with Crippen molar-refractivity contribution in [2.45, 2.75) is 44.3 Å². The third-order valence-electron chi connectivity index (χ3n) is 3.08. The Hall–Kier alpha value is -0.610. The zero-order valence-corrected chi connectivity index (χ0v) is 10.4. The van der Waals surface area contributed by atoms with E-state index in [0.29, 0.717) is 18.2 Å². The Morgan fingerprint density at radius 1 is 1.56 bits per heavy atom. The van der Waals surface area contributed by atoms with E-state index in [1.807, 2.05) is 13.0 Å². The average molecular weight is 239 g/mol. The molecule has 1 atom stereocenters. The van der Waals surface area contributed by atoms with Gasteiger partial charge in [-0.05, 0) is 25.8 Å². The van der Waals surface area contributed by atoms with Gasteiger partial charge in [-0.3, -0.25) is 9.79 Å². The summed E-state index contributed by atoms with van der Waals surface area (Å²) in [6.45, 7) is 2.58. The molecule has 0 aromatic heterocycles. The van der Waals surface area contributed by atoms with Crippen LogP contribution in [0.3, 0.4) is 0 Å². The Labute approximate surface area is 101 Å². The molecule has 1 fully saturated rings. The van der Waals surface area contributed by atoms with Crippen LogP contribution in [0.2, 0.25) is 0 Å². The first-order chi connectivity index (χ1) is 7.59. The highest BCUT2D eigenvalue weighted by atomic mass is 32.1. The third kappa shape index (κ3) is 2.74. The van der Waals surface area contributed by atoms with Gasteiger partial charge in [0.15, 0.2) is 0 Å². The van der Waals surface area contributed by atoms with Crippen molar-refractivity contribution in [1.29, 1.82) is 0 Å². The summed E-state index contributed by atoms with van der Waals surface area (Å²) in [6.07, 6.45) is 8.49. The molecule has 0 spiro atoms. The van der Waals surface area contributed by atoms with Crippen LogP contribution >= 0.6 is 12.6 Å². The number of carbonyl (C=O) groups is 1. The van der Waals surface area contributed by atoms with E-state index in [0.717, 1.165) is 12.8 Å². The standard InChI is InChI=1S/C12H17NO2S/c1-12(15-10-4-2-3-5-10)6-9(11(14)16)7-13-8-12/h6-7,10H,2-5,8H2,1H3,(H,14,16). The quantitative estimate of drug-likeness (QED) is 0.767. The van der Waals surface area contributed by atoms with Crippen molar-refractivity contribution in [2.75, 3.05) is 6.54 Å². The number of ether oxygens (including phenoxy) is 1. The van der Waals surface area contributed by atoms with Crippen molar-refractivity contribution in [2.24, 2.45) is 4.99 Å². The fourth-order valence-corrected chi connectivity index (χ4v) is 2.43. The molecule has 0 amide bonds. The maximum atomic E-state index is 11.2. The summed E-state index contributed by atoms with van der Waals surface area (Å²) in [4.78, 5) is 15.4. The Balaban J connectivity index is 2.06. The molecule has 0 N–H and O–H groups in total. The molecule has 0 aromatic carbocycles. The van der Waals surface area contributed by atoms with E-state index in [-0.39, 0.29) is 5.12 Å². The molecule has 2 rings (SSSR count). The SMILES string of the molecule is CC1(OC2CCCC2)C=C(C(=O)S)C=NC1. The molecule has 3 nitrogen and oxygen atoms in total. The van der Waals surface area contributed by atoms with Gasteiger partial charge in [-0.1, -0.05) is 12.8 Å². The minimum atomic E-state index is -0.433. The zero-order chi connectivity index (χ0) is 11.6. The lowest BCUT2D eigenvalue weighted by Gasteiger charge is -2.31. The van der Waals surface area contributed by atoms with Crippen LogP contribution in [0.4, 0.5) is 0 Å². The van der Waals surface area contributed by atoms with Gasteiger partial charge in [0.25, 0.3) is 0 Å².